The van der Waals surface area contributed by atoms with E-state index in [0.29, 0.717) is 19.4 Å². The van der Waals surface area contributed by atoms with Gasteiger partial charge in [-0.15, -0.1) is 0 Å². The lowest BCUT2D eigenvalue weighted by molar-refractivity contribution is -0.138. The van der Waals surface area contributed by atoms with Crippen LogP contribution in [-0.4, -0.2) is 29.6 Å². The van der Waals surface area contributed by atoms with Crippen molar-refractivity contribution in [2.45, 2.75) is 32.2 Å². The molecule has 0 spiro atoms. The summed E-state index contributed by atoms with van der Waals surface area (Å²) in [7, 11) is 0. The molecule has 2 unspecified atom stereocenters. The van der Waals surface area contributed by atoms with E-state index < -0.39 is 5.97 Å². The van der Waals surface area contributed by atoms with Gasteiger partial charge in [0.1, 0.15) is 12.4 Å². The van der Waals surface area contributed by atoms with Crippen molar-refractivity contribution in [1.29, 1.82) is 0 Å². The molecular formula is C15H19NO4. The third kappa shape index (κ3) is 3.50. The number of hydrogen-bond donors (Lipinski definition) is 2. The first kappa shape index (κ1) is 14.4. The zero-order valence-electron chi connectivity index (χ0n) is 11.5. The number of carboxylic acid groups (broad SMARTS) is 1. The predicted molar refractivity (Wildman–Crippen MR) is 73.6 cm³/mol. The Morgan fingerprint density at radius 1 is 1.45 bits per heavy atom. The maximum atomic E-state index is 12.2. The van der Waals surface area contributed by atoms with Crippen molar-refractivity contribution in [2.75, 3.05) is 6.61 Å². The SMILES string of the molecule is CCC(CC(=O)O)NC(=O)C1COc2ccccc2C1. The third-order valence-electron chi connectivity index (χ3n) is 3.51. The number of hydrogen-bond acceptors (Lipinski definition) is 3. The Morgan fingerprint density at radius 3 is 2.90 bits per heavy atom. The molecule has 1 aromatic rings. The van der Waals surface area contributed by atoms with Crippen LogP contribution in [0.3, 0.4) is 0 Å². The number of rotatable bonds is 5. The van der Waals surface area contributed by atoms with Crippen LogP contribution in [0.25, 0.3) is 0 Å². The summed E-state index contributed by atoms with van der Waals surface area (Å²) >= 11 is 0. The Bertz CT molecular complexity index is 500. The molecule has 1 aromatic carbocycles. The number of carbonyl (C=O) groups is 2. The minimum atomic E-state index is -0.901. The maximum Gasteiger partial charge on any atom is 0.305 e. The van der Waals surface area contributed by atoms with Gasteiger partial charge in [-0.05, 0) is 24.5 Å². The number of fused-ring (bicyclic) bond motifs is 1. The van der Waals surface area contributed by atoms with Crippen molar-refractivity contribution in [2.24, 2.45) is 5.92 Å². The highest BCUT2D eigenvalue weighted by molar-refractivity contribution is 5.80. The molecule has 0 fully saturated rings. The van der Waals surface area contributed by atoms with Gasteiger partial charge in [0.25, 0.3) is 0 Å². The molecule has 1 amide bonds. The summed E-state index contributed by atoms with van der Waals surface area (Å²) in [5, 5.41) is 11.6. The minimum Gasteiger partial charge on any atom is -0.492 e. The van der Waals surface area contributed by atoms with Gasteiger partial charge >= 0.3 is 5.97 Å². The van der Waals surface area contributed by atoms with Crippen LogP contribution in [0.15, 0.2) is 24.3 Å². The number of carboxylic acids is 1. The second kappa shape index (κ2) is 6.41. The molecule has 1 heterocycles. The smallest absolute Gasteiger partial charge is 0.305 e. The first-order chi connectivity index (χ1) is 9.60. The number of carbonyl (C=O) groups excluding carboxylic acids is 1. The molecule has 108 valence electrons. The third-order valence-corrected chi connectivity index (χ3v) is 3.51. The summed E-state index contributed by atoms with van der Waals surface area (Å²) in [5.41, 5.74) is 1.02. The highest BCUT2D eigenvalue weighted by atomic mass is 16.5. The topological polar surface area (TPSA) is 75.6 Å². The van der Waals surface area contributed by atoms with Crippen LogP contribution in [0.5, 0.6) is 5.75 Å². The van der Waals surface area contributed by atoms with Crippen molar-refractivity contribution >= 4 is 11.9 Å². The van der Waals surface area contributed by atoms with E-state index in [9.17, 15) is 9.59 Å². The summed E-state index contributed by atoms with van der Waals surface area (Å²) in [6.45, 7) is 2.20. The van der Waals surface area contributed by atoms with E-state index in [1.54, 1.807) is 0 Å². The van der Waals surface area contributed by atoms with Crippen LogP contribution in [0.1, 0.15) is 25.3 Å². The molecule has 0 aliphatic carbocycles. The molecule has 0 saturated carbocycles. The number of benzene rings is 1. The first-order valence-electron chi connectivity index (χ1n) is 6.83. The summed E-state index contributed by atoms with van der Waals surface area (Å²) in [4.78, 5) is 22.9. The van der Waals surface area contributed by atoms with E-state index in [2.05, 4.69) is 5.32 Å². The van der Waals surface area contributed by atoms with Crippen LogP contribution in [-0.2, 0) is 16.0 Å². The van der Waals surface area contributed by atoms with E-state index >= 15 is 0 Å². The number of para-hydroxylation sites is 1. The van der Waals surface area contributed by atoms with Crippen LogP contribution in [0.4, 0.5) is 0 Å². The molecule has 0 saturated heterocycles. The van der Waals surface area contributed by atoms with Gasteiger partial charge < -0.3 is 15.2 Å². The van der Waals surface area contributed by atoms with Crippen molar-refractivity contribution in [1.82, 2.24) is 5.32 Å². The molecule has 2 N–H and O–H groups in total. The number of aliphatic carboxylic acids is 1. The van der Waals surface area contributed by atoms with Gasteiger partial charge in [0.2, 0.25) is 5.91 Å². The lowest BCUT2D eigenvalue weighted by atomic mass is 9.95. The minimum absolute atomic E-state index is 0.0492. The zero-order valence-corrected chi connectivity index (χ0v) is 11.5. The van der Waals surface area contributed by atoms with Gasteiger partial charge in [0.15, 0.2) is 0 Å². The van der Waals surface area contributed by atoms with Gasteiger partial charge in [-0.25, -0.2) is 0 Å². The Kier molecular flexibility index (Phi) is 4.61. The average molecular weight is 277 g/mol. The van der Waals surface area contributed by atoms with Gasteiger partial charge in [-0.1, -0.05) is 25.1 Å². The Balaban J connectivity index is 1.95. The fraction of sp³-hybridized carbons (Fsp3) is 0.467. The average Bonchev–Trinajstić information content (AvgIpc) is 2.45. The molecule has 0 aromatic heterocycles. The number of amides is 1. The standard InChI is InChI=1S/C15H19NO4/c1-2-12(8-14(17)18)16-15(19)11-7-10-5-3-4-6-13(10)20-9-11/h3-6,11-12H,2,7-9H2,1H3,(H,16,19)(H,17,18). The maximum absolute atomic E-state index is 12.2. The number of ether oxygens (including phenoxy) is 1. The molecule has 0 bridgehead atoms. The fourth-order valence-electron chi connectivity index (χ4n) is 2.32. The second-order valence-corrected chi connectivity index (χ2v) is 5.03. The highest BCUT2D eigenvalue weighted by Gasteiger charge is 2.27. The monoisotopic (exact) mass is 277 g/mol. The molecule has 5 nitrogen and oxygen atoms in total. The molecule has 5 heteroatoms. The van der Waals surface area contributed by atoms with Gasteiger partial charge in [0, 0.05) is 6.04 Å². The zero-order chi connectivity index (χ0) is 14.5. The summed E-state index contributed by atoms with van der Waals surface area (Å²) in [6, 6.07) is 7.34. The van der Waals surface area contributed by atoms with Gasteiger partial charge in [-0.2, -0.15) is 0 Å². The van der Waals surface area contributed by atoms with E-state index in [1.165, 1.54) is 0 Å². The molecule has 2 atom stereocenters. The molecule has 2 rings (SSSR count). The van der Waals surface area contributed by atoms with Crippen LogP contribution >= 0.6 is 0 Å². The van der Waals surface area contributed by atoms with Crippen molar-refractivity contribution in [3.05, 3.63) is 29.8 Å². The largest absolute Gasteiger partial charge is 0.492 e. The lowest BCUT2D eigenvalue weighted by Gasteiger charge is -2.26. The Labute approximate surface area is 117 Å². The normalized spacial score (nSPS) is 18.6. The lowest BCUT2D eigenvalue weighted by Crippen LogP contribution is -2.43. The quantitative estimate of drug-likeness (QED) is 0.857. The molecule has 1 aliphatic rings. The highest BCUT2D eigenvalue weighted by Crippen LogP contribution is 2.26. The summed E-state index contributed by atoms with van der Waals surface area (Å²) < 4.78 is 5.58. The molecule has 0 radical (unpaired) electrons. The predicted octanol–water partition coefficient (Wildman–Crippen LogP) is 1.61. The fourth-order valence-corrected chi connectivity index (χ4v) is 2.32. The van der Waals surface area contributed by atoms with Gasteiger partial charge in [0.05, 0.1) is 12.3 Å². The Morgan fingerprint density at radius 2 is 2.20 bits per heavy atom. The van der Waals surface area contributed by atoms with E-state index in [1.807, 2.05) is 31.2 Å². The second-order valence-electron chi connectivity index (χ2n) is 5.03. The van der Waals surface area contributed by atoms with Crippen LogP contribution in [0, 0.1) is 5.92 Å². The van der Waals surface area contributed by atoms with Crippen molar-refractivity contribution in [3.63, 3.8) is 0 Å². The number of nitrogens with one attached hydrogen (secondary N) is 1. The summed E-state index contributed by atoms with van der Waals surface area (Å²) in [5.74, 6) is -0.461. The van der Waals surface area contributed by atoms with Crippen LogP contribution in [0.2, 0.25) is 0 Å². The van der Waals surface area contributed by atoms with Crippen molar-refractivity contribution in [3.8, 4) is 5.75 Å². The van der Waals surface area contributed by atoms with E-state index in [-0.39, 0.29) is 24.3 Å². The molecule has 1 aliphatic heterocycles. The van der Waals surface area contributed by atoms with Crippen molar-refractivity contribution < 1.29 is 19.4 Å². The summed E-state index contributed by atoms with van der Waals surface area (Å²) in [6.07, 6.45) is 1.18. The van der Waals surface area contributed by atoms with E-state index in [0.717, 1.165) is 11.3 Å². The van der Waals surface area contributed by atoms with Crippen LogP contribution < -0.4 is 10.1 Å². The first-order valence-corrected chi connectivity index (χ1v) is 6.83. The molecular weight excluding hydrogens is 258 g/mol. The van der Waals surface area contributed by atoms with E-state index in [4.69, 9.17) is 9.84 Å². The van der Waals surface area contributed by atoms with Gasteiger partial charge in [-0.3, -0.25) is 9.59 Å². The molecule has 20 heavy (non-hydrogen) atoms. The Hall–Kier alpha value is -2.04.